The molecule has 0 bridgehead atoms. The van der Waals surface area contributed by atoms with Crippen molar-refractivity contribution in [2.45, 2.75) is 17.3 Å². The minimum absolute atomic E-state index is 0.236. The van der Waals surface area contributed by atoms with Gasteiger partial charge < -0.3 is 10.1 Å². The van der Waals surface area contributed by atoms with Crippen molar-refractivity contribution in [3.63, 3.8) is 0 Å². The number of benzene rings is 1. The average Bonchev–Trinajstić information content (AvgIpc) is 2.45. The van der Waals surface area contributed by atoms with E-state index in [1.807, 2.05) is 19.2 Å². The van der Waals surface area contributed by atoms with Gasteiger partial charge >= 0.3 is 0 Å². The molecule has 2 aromatic rings. The van der Waals surface area contributed by atoms with E-state index in [0.717, 1.165) is 16.4 Å². The lowest BCUT2D eigenvalue weighted by Gasteiger charge is -2.07. The van der Waals surface area contributed by atoms with Gasteiger partial charge in [-0.1, -0.05) is 6.07 Å². The van der Waals surface area contributed by atoms with Gasteiger partial charge in [0.25, 0.3) is 0 Å². The topological polar surface area (TPSA) is 47.0 Å². The number of hydrogen-bond acceptors (Lipinski definition) is 5. The van der Waals surface area contributed by atoms with Crippen molar-refractivity contribution in [1.82, 2.24) is 9.97 Å². The largest absolute Gasteiger partial charge is 0.378 e. The molecule has 1 aromatic heterocycles. The molecule has 0 saturated carbocycles. The Morgan fingerprint density at radius 3 is 2.85 bits per heavy atom. The molecule has 0 saturated heterocycles. The molecule has 2 rings (SSSR count). The molecule has 0 unspecified atom stereocenters. The van der Waals surface area contributed by atoms with Crippen molar-refractivity contribution in [3.8, 4) is 0 Å². The third-order valence-electron chi connectivity index (χ3n) is 2.54. The summed E-state index contributed by atoms with van der Waals surface area (Å²) in [6.45, 7) is 0.439. The minimum atomic E-state index is -0.236. The number of nitrogens with one attached hydrogen (secondary N) is 1. The lowest BCUT2D eigenvalue weighted by molar-refractivity contribution is 0.181. The summed E-state index contributed by atoms with van der Waals surface area (Å²) in [5, 5.41) is 3.00. The van der Waals surface area contributed by atoms with Crippen molar-refractivity contribution < 1.29 is 9.13 Å². The van der Waals surface area contributed by atoms with Crippen molar-refractivity contribution >= 4 is 17.6 Å². The van der Waals surface area contributed by atoms with E-state index in [4.69, 9.17) is 4.74 Å². The molecular formula is C14H16FN3OS. The van der Waals surface area contributed by atoms with E-state index in [2.05, 4.69) is 15.3 Å². The van der Waals surface area contributed by atoms with Crippen LogP contribution in [0.1, 0.15) is 11.5 Å². The van der Waals surface area contributed by atoms with Gasteiger partial charge in [-0.3, -0.25) is 0 Å². The third kappa shape index (κ3) is 4.18. The van der Waals surface area contributed by atoms with E-state index >= 15 is 0 Å². The van der Waals surface area contributed by atoms with E-state index in [1.165, 1.54) is 23.9 Å². The highest BCUT2D eigenvalue weighted by Gasteiger charge is 2.05. The average molecular weight is 293 g/mol. The molecule has 0 radical (unpaired) electrons. The quantitative estimate of drug-likeness (QED) is 0.829. The number of anilines is 1. The summed E-state index contributed by atoms with van der Waals surface area (Å²) in [5.41, 5.74) is 0.821. The number of thioether (sulfide) groups is 1. The highest BCUT2D eigenvalue weighted by molar-refractivity contribution is 7.98. The molecular weight excluding hydrogens is 277 g/mol. The zero-order chi connectivity index (χ0) is 14.4. The predicted molar refractivity (Wildman–Crippen MR) is 78.3 cm³/mol. The molecule has 1 heterocycles. The van der Waals surface area contributed by atoms with Gasteiger partial charge in [-0.2, -0.15) is 0 Å². The van der Waals surface area contributed by atoms with Gasteiger partial charge in [0.15, 0.2) is 0 Å². The number of halogens is 1. The van der Waals surface area contributed by atoms with Gasteiger partial charge in [-0.25, -0.2) is 14.4 Å². The first kappa shape index (κ1) is 14.7. The van der Waals surface area contributed by atoms with Gasteiger partial charge in [0.1, 0.15) is 17.5 Å². The van der Waals surface area contributed by atoms with Gasteiger partial charge in [0, 0.05) is 25.1 Å². The van der Waals surface area contributed by atoms with Crippen LogP contribution in [0.4, 0.5) is 10.2 Å². The molecule has 0 fully saturated rings. The fourth-order valence-electron chi connectivity index (χ4n) is 1.67. The van der Waals surface area contributed by atoms with Crippen LogP contribution in [0.15, 0.2) is 35.2 Å². The van der Waals surface area contributed by atoms with Crippen LogP contribution in [0.2, 0.25) is 0 Å². The van der Waals surface area contributed by atoms with Crippen molar-refractivity contribution in [2.75, 3.05) is 19.5 Å². The van der Waals surface area contributed by atoms with Crippen LogP contribution < -0.4 is 5.32 Å². The molecule has 20 heavy (non-hydrogen) atoms. The van der Waals surface area contributed by atoms with Crippen LogP contribution in [0.5, 0.6) is 0 Å². The first-order chi connectivity index (χ1) is 9.71. The Morgan fingerprint density at radius 2 is 2.15 bits per heavy atom. The number of nitrogens with zero attached hydrogens (tertiary/aromatic N) is 2. The van der Waals surface area contributed by atoms with E-state index in [9.17, 15) is 4.39 Å². The molecule has 0 amide bonds. The predicted octanol–water partition coefficient (Wildman–Crippen LogP) is 3.10. The Hall–Kier alpha value is -1.66. The summed E-state index contributed by atoms with van der Waals surface area (Å²) in [4.78, 5) is 9.66. The van der Waals surface area contributed by atoms with Crippen LogP contribution in [-0.2, 0) is 17.1 Å². The molecule has 0 aliphatic heterocycles. The molecule has 106 valence electrons. The standard InChI is InChI=1S/C14H16FN3OS/c1-16-13-7-11(8-19-2)17-14(18-13)9-20-12-5-3-4-10(15)6-12/h3-7H,8-9H2,1-2H3,(H,16,17,18). The summed E-state index contributed by atoms with van der Waals surface area (Å²) in [5.74, 6) is 1.79. The minimum Gasteiger partial charge on any atom is -0.378 e. The number of methoxy groups -OCH3 is 1. The number of rotatable bonds is 6. The van der Waals surface area contributed by atoms with E-state index in [0.29, 0.717) is 18.2 Å². The molecule has 6 heteroatoms. The first-order valence-electron chi connectivity index (χ1n) is 6.13. The Morgan fingerprint density at radius 1 is 1.30 bits per heavy atom. The highest BCUT2D eigenvalue weighted by Crippen LogP contribution is 2.22. The second kappa shape index (κ2) is 7.21. The summed E-state index contributed by atoms with van der Waals surface area (Å²) >= 11 is 1.50. The normalized spacial score (nSPS) is 10.6. The highest BCUT2D eigenvalue weighted by atomic mass is 32.2. The maximum absolute atomic E-state index is 13.1. The summed E-state index contributed by atoms with van der Waals surface area (Å²) in [6.07, 6.45) is 0. The Labute approximate surface area is 121 Å². The van der Waals surface area contributed by atoms with Crippen molar-refractivity contribution in [1.29, 1.82) is 0 Å². The van der Waals surface area contributed by atoms with E-state index in [1.54, 1.807) is 13.2 Å². The van der Waals surface area contributed by atoms with Crippen LogP contribution in [0.3, 0.4) is 0 Å². The molecule has 0 aliphatic carbocycles. The molecule has 4 nitrogen and oxygen atoms in total. The summed E-state index contributed by atoms with van der Waals surface area (Å²) in [7, 11) is 3.44. The van der Waals surface area contributed by atoms with Gasteiger partial charge in [0.05, 0.1) is 18.1 Å². The van der Waals surface area contributed by atoms with E-state index in [-0.39, 0.29) is 5.82 Å². The lowest BCUT2D eigenvalue weighted by atomic mass is 10.4. The molecule has 0 atom stereocenters. The third-order valence-corrected chi connectivity index (χ3v) is 3.53. The molecule has 1 aromatic carbocycles. The molecule has 1 N–H and O–H groups in total. The van der Waals surface area contributed by atoms with Crippen molar-refractivity contribution in [2.24, 2.45) is 0 Å². The fourth-order valence-corrected chi connectivity index (χ4v) is 2.47. The summed E-state index contributed by atoms with van der Waals surface area (Å²) < 4.78 is 18.2. The maximum atomic E-state index is 13.1. The van der Waals surface area contributed by atoms with Gasteiger partial charge in [-0.15, -0.1) is 11.8 Å². The Balaban J connectivity index is 2.10. The Bertz CT molecular complexity index is 580. The Kier molecular flexibility index (Phi) is 5.31. The SMILES string of the molecule is CNc1cc(COC)nc(CSc2cccc(F)c2)n1. The lowest BCUT2D eigenvalue weighted by Crippen LogP contribution is -2.03. The van der Waals surface area contributed by atoms with Crippen LogP contribution in [-0.4, -0.2) is 24.1 Å². The second-order valence-corrected chi connectivity index (χ2v) is 5.14. The monoisotopic (exact) mass is 293 g/mol. The van der Waals surface area contributed by atoms with Crippen LogP contribution in [0.25, 0.3) is 0 Å². The zero-order valence-corrected chi connectivity index (χ0v) is 12.2. The summed E-state index contributed by atoms with van der Waals surface area (Å²) in [6, 6.07) is 8.34. The zero-order valence-electron chi connectivity index (χ0n) is 11.4. The molecule has 0 spiro atoms. The first-order valence-corrected chi connectivity index (χ1v) is 7.11. The molecule has 0 aliphatic rings. The number of hydrogen-bond donors (Lipinski definition) is 1. The number of aromatic nitrogens is 2. The van der Waals surface area contributed by atoms with E-state index < -0.39 is 0 Å². The fraction of sp³-hybridized carbons (Fsp3) is 0.286. The second-order valence-electron chi connectivity index (χ2n) is 4.09. The van der Waals surface area contributed by atoms with Crippen LogP contribution in [0, 0.1) is 5.82 Å². The maximum Gasteiger partial charge on any atom is 0.141 e. The smallest absolute Gasteiger partial charge is 0.141 e. The van der Waals surface area contributed by atoms with Gasteiger partial charge in [-0.05, 0) is 18.2 Å². The number of ether oxygens (including phenoxy) is 1. The van der Waals surface area contributed by atoms with Gasteiger partial charge in [0.2, 0.25) is 0 Å². The van der Waals surface area contributed by atoms with Crippen molar-refractivity contribution in [3.05, 3.63) is 47.7 Å². The van der Waals surface area contributed by atoms with Crippen LogP contribution >= 0.6 is 11.8 Å².